The van der Waals surface area contributed by atoms with Crippen molar-refractivity contribution in [1.29, 1.82) is 0 Å². The maximum Gasteiger partial charge on any atom is 0.145 e. The fourth-order valence-electron chi connectivity index (χ4n) is 1.73. The molecule has 1 aromatic rings. The molecule has 1 heterocycles. The molecule has 2 nitrogen and oxygen atoms in total. The lowest BCUT2D eigenvalue weighted by molar-refractivity contribution is -0.140. The highest BCUT2D eigenvalue weighted by Gasteiger charge is 2.46. The molecule has 0 saturated carbocycles. The van der Waals surface area contributed by atoms with E-state index in [2.05, 4.69) is 0 Å². The number of rotatable bonds is 2. The number of Topliss-reactive ketones (excluding diaryl/α,β-unsaturated/α-hetero) is 1. The van der Waals surface area contributed by atoms with E-state index in [1.807, 2.05) is 0 Å². The summed E-state index contributed by atoms with van der Waals surface area (Å²) in [6.07, 6.45) is 0. The van der Waals surface area contributed by atoms with Gasteiger partial charge in [-0.2, -0.15) is 0 Å². The van der Waals surface area contributed by atoms with Crippen molar-refractivity contribution in [1.82, 2.24) is 0 Å². The summed E-state index contributed by atoms with van der Waals surface area (Å²) in [6, 6.07) is 3.26. The van der Waals surface area contributed by atoms with Crippen LogP contribution in [-0.2, 0) is 14.9 Å². The fourth-order valence-corrected chi connectivity index (χ4v) is 1.73. The van der Waals surface area contributed by atoms with E-state index in [9.17, 15) is 13.6 Å². The molecule has 1 aliphatic rings. The zero-order chi connectivity index (χ0) is 11.1. The van der Waals surface area contributed by atoms with E-state index in [1.54, 1.807) is 0 Å². The topological polar surface area (TPSA) is 26.3 Å². The summed E-state index contributed by atoms with van der Waals surface area (Å²) in [5.41, 5.74) is -0.680. The van der Waals surface area contributed by atoms with Crippen LogP contribution in [-0.4, -0.2) is 19.0 Å². The van der Waals surface area contributed by atoms with Gasteiger partial charge in [0.2, 0.25) is 0 Å². The molecule has 1 fully saturated rings. The van der Waals surface area contributed by atoms with Gasteiger partial charge in [0, 0.05) is 11.6 Å². The van der Waals surface area contributed by atoms with Crippen LogP contribution in [0.25, 0.3) is 0 Å². The molecule has 0 bridgehead atoms. The summed E-state index contributed by atoms with van der Waals surface area (Å²) >= 11 is 0. The van der Waals surface area contributed by atoms with Gasteiger partial charge < -0.3 is 4.74 Å². The summed E-state index contributed by atoms with van der Waals surface area (Å²) in [7, 11) is 0. The fraction of sp³-hybridized carbons (Fsp3) is 0.364. The first-order chi connectivity index (χ1) is 7.06. The van der Waals surface area contributed by atoms with Crippen LogP contribution < -0.4 is 0 Å². The number of halogens is 2. The predicted octanol–water partition coefficient (Wildman–Crippen LogP) is 1.82. The van der Waals surface area contributed by atoms with Gasteiger partial charge in [-0.25, -0.2) is 8.78 Å². The van der Waals surface area contributed by atoms with E-state index < -0.39 is 17.0 Å². The van der Waals surface area contributed by atoms with Crippen LogP contribution in [0.2, 0.25) is 0 Å². The Morgan fingerprint density at radius 1 is 1.40 bits per heavy atom. The molecule has 80 valence electrons. The quantitative estimate of drug-likeness (QED) is 0.747. The molecule has 15 heavy (non-hydrogen) atoms. The Bertz CT molecular complexity index is 411. The number of benzene rings is 1. The average Bonchev–Trinajstić information content (AvgIpc) is 2.05. The molecule has 0 N–H and O–H groups in total. The molecule has 4 heteroatoms. The second kappa shape index (κ2) is 3.38. The van der Waals surface area contributed by atoms with Crippen molar-refractivity contribution in [3.8, 4) is 0 Å². The largest absolute Gasteiger partial charge is 0.378 e. The molecule has 0 amide bonds. The first-order valence-electron chi connectivity index (χ1n) is 4.60. The maximum atomic E-state index is 13.5. The Morgan fingerprint density at radius 3 is 2.47 bits per heavy atom. The molecule has 0 unspecified atom stereocenters. The van der Waals surface area contributed by atoms with Crippen molar-refractivity contribution in [3.63, 3.8) is 0 Å². The summed E-state index contributed by atoms with van der Waals surface area (Å²) in [6.45, 7) is 1.74. The summed E-state index contributed by atoms with van der Waals surface area (Å²) < 4.78 is 31.1. The number of ether oxygens (including phenoxy) is 1. The second-order valence-electron chi connectivity index (χ2n) is 3.76. The van der Waals surface area contributed by atoms with E-state index >= 15 is 0 Å². The van der Waals surface area contributed by atoms with Gasteiger partial charge in [-0.05, 0) is 13.0 Å². The number of hydrogen-bond acceptors (Lipinski definition) is 2. The Labute approximate surface area is 85.9 Å². The molecule has 0 aromatic heterocycles. The second-order valence-corrected chi connectivity index (χ2v) is 3.76. The van der Waals surface area contributed by atoms with Crippen LogP contribution in [0.5, 0.6) is 0 Å². The minimum Gasteiger partial charge on any atom is -0.378 e. The normalized spacial score (nSPS) is 18.3. The monoisotopic (exact) mass is 212 g/mol. The van der Waals surface area contributed by atoms with Crippen molar-refractivity contribution in [3.05, 3.63) is 35.4 Å². The van der Waals surface area contributed by atoms with E-state index in [-0.39, 0.29) is 24.6 Å². The molecular formula is C11H10F2O2. The third-order valence-corrected chi connectivity index (χ3v) is 2.82. The van der Waals surface area contributed by atoms with Gasteiger partial charge in [-0.15, -0.1) is 0 Å². The molecule has 0 aliphatic carbocycles. The number of hydrogen-bond donors (Lipinski definition) is 0. The third-order valence-electron chi connectivity index (χ3n) is 2.82. The van der Waals surface area contributed by atoms with Gasteiger partial charge in [0.15, 0.2) is 0 Å². The van der Waals surface area contributed by atoms with Gasteiger partial charge in [0.25, 0.3) is 0 Å². The third kappa shape index (κ3) is 1.45. The van der Waals surface area contributed by atoms with Gasteiger partial charge in [0.05, 0.1) is 13.2 Å². The Hall–Kier alpha value is -1.29. The van der Waals surface area contributed by atoms with Crippen molar-refractivity contribution >= 4 is 5.78 Å². The van der Waals surface area contributed by atoms with Gasteiger partial charge >= 0.3 is 0 Å². The highest BCUT2D eigenvalue weighted by Crippen LogP contribution is 2.35. The van der Waals surface area contributed by atoms with Crippen molar-refractivity contribution in [2.75, 3.05) is 13.2 Å². The summed E-state index contributed by atoms with van der Waals surface area (Å²) in [4.78, 5) is 11.4. The molecule has 2 rings (SSSR count). The van der Waals surface area contributed by atoms with Crippen LogP contribution in [0.4, 0.5) is 8.78 Å². The first-order valence-corrected chi connectivity index (χ1v) is 4.60. The van der Waals surface area contributed by atoms with Gasteiger partial charge in [0.1, 0.15) is 22.8 Å². The Morgan fingerprint density at radius 2 is 2.07 bits per heavy atom. The predicted molar refractivity (Wildman–Crippen MR) is 49.5 cm³/mol. The smallest absolute Gasteiger partial charge is 0.145 e. The zero-order valence-electron chi connectivity index (χ0n) is 8.22. The minimum absolute atomic E-state index is 0.153. The van der Waals surface area contributed by atoms with E-state index in [4.69, 9.17) is 4.74 Å². The SMILES string of the molecule is CC(=O)C1(c2ccc(F)cc2F)COC1. The molecule has 1 aromatic carbocycles. The van der Waals surface area contributed by atoms with Crippen LogP contribution >= 0.6 is 0 Å². The standard InChI is InChI=1S/C11H10F2O2/c1-7(14)11(5-15-6-11)9-3-2-8(12)4-10(9)13/h2-4H,5-6H2,1H3. The van der Waals surface area contributed by atoms with Crippen LogP contribution in [0, 0.1) is 11.6 Å². The molecular weight excluding hydrogens is 202 g/mol. The van der Waals surface area contributed by atoms with E-state index in [1.165, 1.54) is 13.0 Å². The molecule has 1 saturated heterocycles. The number of carbonyl (C=O) groups excluding carboxylic acids is 1. The molecule has 1 aliphatic heterocycles. The van der Waals surface area contributed by atoms with Crippen LogP contribution in [0.15, 0.2) is 18.2 Å². The highest BCUT2D eigenvalue weighted by molar-refractivity contribution is 5.89. The lowest BCUT2D eigenvalue weighted by Gasteiger charge is -2.39. The molecule has 0 spiro atoms. The van der Waals surface area contributed by atoms with E-state index in [0.717, 1.165) is 12.1 Å². The molecule has 0 atom stereocenters. The summed E-state index contributed by atoms with van der Waals surface area (Å²) in [5, 5.41) is 0. The highest BCUT2D eigenvalue weighted by atomic mass is 19.1. The molecule has 0 radical (unpaired) electrons. The summed E-state index contributed by atoms with van der Waals surface area (Å²) in [5.74, 6) is -1.48. The average molecular weight is 212 g/mol. The number of carbonyl (C=O) groups is 1. The van der Waals surface area contributed by atoms with E-state index in [0.29, 0.717) is 0 Å². The number of ketones is 1. The maximum absolute atomic E-state index is 13.5. The van der Waals surface area contributed by atoms with Gasteiger partial charge in [-0.1, -0.05) is 6.07 Å². The first kappa shape index (κ1) is 10.2. The van der Waals surface area contributed by atoms with Crippen molar-refractivity contribution < 1.29 is 18.3 Å². The van der Waals surface area contributed by atoms with Gasteiger partial charge in [-0.3, -0.25) is 4.79 Å². The lowest BCUT2D eigenvalue weighted by atomic mass is 9.75. The zero-order valence-corrected chi connectivity index (χ0v) is 8.22. The minimum atomic E-state index is -0.905. The van der Waals surface area contributed by atoms with Crippen molar-refractivity contribution in [2.45, 2.75) is 12.3 Å². The van der Waals surface area contributed by atoms with Crippen LogP contribution in [0.1, 0.15) is 12.5 Å². The van der Waals surface area contributed by atoms with Crippen LogP contribution in [0.3, 0.4) is 0 Å². The lowest BCUT2D eigenvalue weighted by Crippen LogP contribution is -2.52. The van der Waals surface area contributed by atoms with Crippen molar-refractivity contribution in [2.24, 2.45) is 0 Å². The Kier molecular flexibility index (Phi) is 2.31. The Balaban J connectivity index is 2.48.